The topological polar surface area (TPSA) is 41.6 Å². The Balaban J connectivity index is 2.08. The average Bonchev–Trinajstić information content (AvgIpc) is 2.32. The Bertz CT molecular complexity index is 470. The number of hydrogen-bond acceptors (Lipinski definition) is 3. The number of nitrogens with one attached hydrogen (secondary N) is 1. The van der Waals surface area contributed by atoms with Gasteiger partial charge < -0.3 is 4.74 Å². The fourth-order valence-corrected chi connectivity index (χ4v) is 1.81. The van der Waals surface area contributed by atoms with Gasteiger partial charge in [-0.25, -0.2) is 5.01 Å². The number of halogens is 3. The maximum atomic E-state index is 12.7. The molecule has 7 heteroatoms. The quantitative estimate of drug-likeness (QED) is 0.911. The molecule has 0 bridgehead atoms. The van der Waals surface area contributed by atoms with Crippen LogP contribution in [0.25, 0.3) is 0 Å². The van der Waals surface area contributed by atoms with Gasteiger partial charge in [-0.05, 0) is 12.1 Å². The van der Waals surface area contributed by atoms with E-state index in [2.05, 4.69) is 5.43 Å². The molecule has 2 rings (SSSR count). The van der Waals surface area contributed by atoms with Crippen LogP contribution in [0.15, 0.2) is 24.3 Å². The van der Waals surface area contributed by atoms with Crippen molar-refractivity contribution in [3.05, 3.63) is 35.4 Å². The van der Waals surface area contributed by atoms with Crippen LogP contribution >= 0.6 is 0 Å². The Kier molecular flexibility index (Phi) is 3.77. The van der Waals surface area contributed by atoms with E-state index in [-0.39, 0.29) is 11.7 Å². The van der Waals surface area contributed by atoms with Crippen molar-refractivity contribution >= 4 is 5.91 Å². The molecule has 1 amide bonds. The first-order chi connectivity index (χ1) is 8.91. The van der Waals surface area contributed by atoms with Crippen molar-refractivity contribution in [3.63, 3.8) is 0 Å². The summed E-state index contributed by atoms with van der Waals surface area (Å²) in [5, 5.41) is 1.52. The first-order valence-electron chi connectivity index (χ1n) is 5.66. The van der Waals surface area contributed by atoms with Gasteiger partial charge in [-0.1, -0.05) is 12.1 Å². The summed E-state index contributed by atoms with van der Waals surface area (Å²) in [5.41, 5.74) is 1.11. The molecule has 1 aromatic carbocycles. The molecular formula is C12H13F3N2O2. The standard InChI is InChI=1S/C12H13F3N2O2/c1-19-8-6-17(7-8)16-11(18)9-4-2-3-5-10(9)12(13,14)15/h2-5,8H,6-7H2,1H3,(H,16,18). The van der Waals surface area contributed by atoms with E-state index in [0.29, 0.717) is 13.1 Å². The van der Waals surface area contributed by atoms with E-state index in [1.165, 1.54) is 17.1 Å². The number of carbonyl (C=O) groups excluding carboxylic acids is 1. The average molecular weight is 274 g/mol. The molecule has 1 aliphatic rings. The second-order valence-electron chi connectivity index (χ2n) is 4.25. The van der Waals surface area contributed by atoms with Crippen molar-refractivity contribution in [2.75, 3.05) is 20.2 Å². The van der Waals surface area contributed by atoms with E-state index in [1.807, 2.05) is 0 Å². The summed E-state index contributed by atoms with van der Waals surface area (Å²) in [6.07, 6.45) is -4.53. The summed E-state index contributed by atoms with van der Waals surface area (Å²) in [6.45, 7) is 0.937. The first kappa shape index (κ1) is 13.8. The Hall–Kier alpha value is -1.60. The van der Waals surface area contributed by atoms with Crippen molar-refractivity contribution in [3.8, 4) is 0 Å². The van der Waals surface area contributed by atoms with Crippen LogP contribution in [0.3, 0.4) is 0 Å². The molecule has 0 aliphatic carbocycles. The number of carbonyl (C=O) groups is 1. The van der Waals surface area contributed by atoms with Crippen LogP contribution in [0, 0.1) is 0 Å². The molecule has 0 atom stereocenters. The highest BCUT2D eigenvalue weighted by molar-refractivity contribution is 5.95. The van der Waals surface area contributed by atoms with Gasteiger partial charge in [0.15, 0.2) is 0 Å². The zero-order chi connectivity index (χ0) is 14.0. The summed E-state index contributed by atoms with van der Waals surface area (Å²) in [7, 11) is 1.54. The summed E-state index contributed by atoms with van der Waals surface area (Å²) in [4.78, 5) is 11.8. The van der Waals surface area contributed by atoms with Gasteiger partial charge in [0.05, 0.1) is 17.2 Å². The Morgan fingerprint density at radius 2 is 2.00 bits per heavy atom. The van der Waals surface area contributed by atoms with E-state index in [1.54, 1.807) is 7.11 Å². The van der Waals surface area contributed by atoms with Gasteiger partial charge >= 0.3 is 6.18 Å². The van der Waals surface area contributed by atoms with E-state index >= 15 is 0 Å². The van der Waals surface area contributed by atoms with Crippen molar-refractivity contribution in [1.29, 1.82) is 0 Å². The molecule has 1 fully saturated rings. The number of hydrogen-bond donors (Lipinski definition) is 1. The number of hydrazine groups is 1. The number of benzene rings is 1. The molecule has 19 heavy (non-hydrogen) atoms. The molecule has 1 aromatic rings. The minimum absolute atomic E-state index is 0.0122. The Morgan fingerprint density at radius 1 is 1.37 bits per heavy atom. The summed E-state index contributed by atoms with van der Waals surface area (Å²) in [5.74, 6) is -0.762. The predicted molar refractivity (Wildman–Crippen MR) is 61.3 cm³/mol. The number of amides is 1. The predicted octanol–water partition coefficient (Wildman–Crippen LogP) is 1.68. The van der Waals surface area contributed by atoms with Crippen LogP contribution in [0.1, 0.15) is 15.9 Å². The Labute approximate surface area is 108 Å². The molecular weight excluding hydrogens is 261 g/mol. The molecule has 1 aliphatic heterocycles. The first-order valence-corrected chi connectivity index (χ1v) is 5.66. The van der Waals surface area contributed by atoms with Crippen LogP contribution in [0.4, 0.5) is 13.2 Å². The lowest BCUT2D eigenvalue weighted by Gasteiger charge is -2.37. The van der Waals surface area contributed by atoms with Crippen LogP contribution in [0.2, 0.25) is 0 Å². The van der Waals surface area contributed by atoms with Gasteiger partial charge in [0.2, 0.25) is 0 Å². The fourth-order valence-electron chi connectivity index (χ4n) is 1.81. The Morgan fingerprint density at radius 3 is 2.58 bits per heavy atom. The highest BCUT2D eigenvalue weighted by Crippen LogP contribution is 2.31. The molecule has 1 heterocycles. The summed E-state index contributed by atoms with van der Waals surface area (Å²) >= 11 is 0. The minimum Gasteiger partial charge on any atom is -0.379 e. The fraction of sp³-hybridized carbons (Fsp3) is 0.417. The zero-order valence-electron chi connectivity index (χ0n) is 10.2. The largest absolute Gasteiger partial charge is 0.417 e. The van der Waals surface area contributed by atoms with Crippen molar-refractivity contribution in [1.82, 2.24) is 10.4 Å². The molecule has 104 valence electrons. The van der Waals surface area contributed by atoms with Gasteiger partial charge in [-0.15, -0.1) is 0 Å². The van der Waals surface area contributed by atoms with E-state index in [0.717, 1.165) is 12.1 Å². The maximum absolute atomic E-state index is 12.7. The SMILES string of the molecule is COC1CN(NC(=O)c2ccccc2C(F)(F)F)C1. The number of alkyl halides is 3. The van der Waals surface area contributed by atoms with E-state index in [9.17, 15) is 18.0 Å². The molecule has 4 nitrogen and oxygen atoms in total. The molecule has 0 unspecified atom stereocenters. The molecule has 1 saturated heterocycles. The molecule has 0 radical (unpaired) electrons. The van der Waals surface area contributed by atoms with Gasteiger partial charge in [-0.3, -0.25) is 10.2 Å². The van der Waals surface area contributed by atoms with E-state index < -0.39 is 17.6 Å². The smallest absolute Gasteiger partial charge is 0.379 e. The molecule has 0 aromatic heterocycles. The summed E-state index contributed by atoms with van der Waals surface area (Å²) < 4.78 is 43.2. The van der Waals surface area contributed by atoms with Crippen LogP contribution in [0.5, 0.6) is 0 Å². The number of ether oxygens (including phenoxy) is 1. The maximum Gasteiger partial charge on any atom is 0.417 e. The third kappa shape index (κ3) is 3.05. The third-order valence-corrected chi connectivity index (χ3v) is 2.92. The lowest BCUT2D eigenvalue weighted by molar-refractivity contribution is -0.138. The molecule has 1 N–H and O–H groups in total. The third-order valence-electron chi connectivity index (χ3n) is 2.92. The lowest BCUT2D eigenvalue weighted by atomic mass is 10.1. The highest BCUT2D eigenvalue weighted by atomic mass is 19.4. The van der Waals surface area contributed by atoms with Crippen molar-refractivity contribution in [2.24, 2.45) is 0 Å². The number of methoxy groups -OCH3 is 1. The molecule has 0 saturated carbocycles. The van der Waals surface area contributed by atoms with Crippen LogP contribution in [-0.2, 0) is 10.9 Å². The second-order valence-corrected chi connectivity index (χ2v) is 4.25. The second kappa shape index (κ2) is 5.18. The summed E-state index contributed by atoms with van der Waals surface area (Å²) in [6, 6.07) is 4.71. The van der Waals surface area contributed by atoms with E-state index in [4.69, 9.17) is 4.74 Å². The van der Waals surface area contributed by atoms with Crippen molar-refractivity contribution < 1.29 is 22.7 Å². The normalized spacial score (nSPS) is 17.1. The van der Waals surface area contributed by atoms with Gasteiger partial charge in [0, 0.05) is 20.2 Å². The number of rotatable bonds is 3. The lowest BCUT2D eigenvalue weighted by Crippen LogP contribution is -2.59. The number of nitrogens with zero attached hydrogens (tertiary/aromatic N) is 1. The molecule has 0 spiro atoms. The monoisotopic (exact) mass is 274 g/mol. The minimum atomic E-state index is -4.54. The highest BCUT2D eigenvalue weighted by Gasteiger charge is 2.36. The van der Waals surface area contributed by atoms with Gasteiger partial charge in [0.1, 0.15) is 0 Å². The van der Waals surface area contributed by atoms with Crippen molar-refractivity contribution in [2.45, 2.75) is 12.3 Å². The zero-order valence-corrected chi connectivity index (χ0v) is 10.2. The van der Waals surface area contributed by atoms with Crippen LogP contribution in [-0.4, -0.2) is 37.2 Å². The van der Waals surface area contributed by atoms with Gasteiger partial charge in [-0.2, -0.15) is 13.2 Å². The van der Waals surface area contributed by atoms with Crippen LogP contribution < -0.4 is 5.43 Å². The van der Waals surface area contributed by atoms with Gasteiger partial charge in [0.25, 0.3) is 5.91 Å².